The van der Waals surface area contributed by atoms with E-state index in [1.165, 1.54) is 0 Å². The van der Waals surface area contributed by atoms with Gasteiger partial charge in [0.15, 0.2) is 5.65 Å². The van der Waals surface area contributed by atoms with Crippen LogP contribution in [0.15, 0.2) is 12.1 Å². The van der Waals surface area contributed by atoms with E-state index in [4.69, 9.17) is 9.72 Å². The summed E-state index contributed by atoms with van der Waals surface area (Å²) in [6.07, 6.45) is 0.593. The van der Waals surface area contributed by atoms with Gasteiger partial charge in [-0.15, -0.1) is 0 Å². The van der Waals surface area contributed by atoms with E-state index in [0.29, 0.717) is 13.1 Å². The first kappa shape index (κ1) is 19.2. The number of carbonyl (C=O) groups is 1. The minimum absolute atomic E-state index is 0.137. The number of pyridine rings is 2. The van der Waals surface area contributed by atoms with Crippen molar-refractivity contribution in [3.63, 3.8) is 0 Å². The van der Waals surface area contributed by atoms with Gasteiger partial charge in [0.2, 0.25) is 0 Å². The summed E-state index contributed by atoms with van der Waals surface area (Å²) in [6, 6.07) is 4.20. The number of nitrogens with one attached hydrogen (secondary N) is 2. The van der Waals surface area contributed by atoms with Gasteiger partial charge < -0.3 is 20.3 Å². The van der Waals surface area contributed by atoms with Crippen molar-refractivity contribution >= 4 is 28.6 Å². The van der Waals surface area contributed by atoms with Crippen molar-refractivity contribution in [2.45, 2.75) is 52.7 Å². The number of aryl methyl sites for hydroxylation is 2. The molecule has 0 unspecified atom stereocenters. The number of aromatic nitrogens is 2. The number of hydrogen-bond donors (Lipinski definition) is 2. The van der Waals surface area contributed by atoms with Crippen molar-refractivity contribution in [3.8, 4) is 0 Å². The van der Waals surface area contributed by atoms with Crippen LogP contribution in [0.4, 0.5) is 16.3 Å². The van der Waals surface area contributed by atoms with Crippen molar-refractivity contribution in [2.75, 3.05) is 30.8 Å². The van der Waals surface area contributed by atoms with Crippen LogP contribution in [0, 0.1) is 13.8 Å². The normalized spacial score (nSPS) is 17.3. The Hall–Kier alpha value is -2.57. The molecule has 1 atom stereocenters. The van der Waals surface area contributed by atoms with Crippen LogP contribution in [0.25, 0.3) is 11.0 Å². The number of nitrogens with zero attached hydrogens (tertiary/aromatic N) is 3. The van der Waals surface area contributed by atoms with Gasteiger partial charge in [0.1, 0.15) is 11.4 Å². The topological polar surface area (TPSA) is 79.4 Å². The second-order valence-corrected chi connectivity index (χ2v) is 8.14. The Morgan fingerprint density at radius 3 is 2.67 bits per heavy atom. The van der Waals surface area contributed by atoms with Crippen LogP contribution >= 0.6 is 0 Å². The first-order chi connectivity index (χ1) is 12.7. The predicted octanol–water partition coefficient (Wildman–Crippen LogP) is 3.71. The lowest BCUT2D eigenvalue weighted by Gasteiger charge is -2.24. The maximum absolute atomic E-state index is 12.2. The fourth-order valence-electron chi connectivity index (χ4n) is 3.44. The molecule has 1 saturated heterocycles. The summed E-state index contributed by atoms with van der Waals surface area (Å²) in [6.45, 7) is 11.0. The number of fused-ring (bicyclic) bond motifs is 1. The fourth-order valence-corrected chi connectivity index (χ4v) is 3.44. The highest BCUT2D eigenvalue weighted by atomic mass is 16.6. The highest BCUT2D eigenvalue weighted by molar-refractivity contribution is 5.93. The molecule has 0 aromatic carbocycles. The zero-order valence-corrected chi connectivity index (χ0v) is 17.0. The maximum Gasteiger partial charge on any atom is 0.410 e. The Bertz CT molecular complexity index is 860. The third-order valence-electron chi connectivity index (χ3n) is 4.56. The molecule has 27 heavy (non-hydrogen) atoms. The van der Waals surface area contributed by atoms with Crippen LogP contribution in [0.3, 0.4) is 0 Å². The molecule has 0 radical (unpaired) electrons. The van der Waals surface area contributed by atoms with Gasteiger partial charge in [0, 0.05) is 49.0 Å². The number of rotatable bonds is 3. The zero-order chi connectivity index (χ0) is 19.8. The SMILES string of the molecule is CNc1cc(N[C@@H]2CCN(C(=O)OC(C)(C)C)C2)nc2nc(C)cc(C)c12. The van der Waals surface area contributed by atoms with E-state index in [2.05, 4.69) is 28.6 Å². The van der Waals surface area contributed by atoms with E-state index in [1.54, 1.807) is 4.90 Å². The molecular weight excluding hydrogens is 342 g/mol. The molecule has 7 heteroatoms. The van der Waals surface area contributed by atoms with Crippen molar-refractivity contribution in [1.29, 1.82) is 0 Å². The minimum atomic E-state index is -0.481. The highest BCUT2D eigenvalue weighted by Gasteiger charge is 2.30. The van der Waals surface area contributed by atoms with Crippen molar-refractivity contribution in [3.05, 3.63) is 23.4 Å². The van der Waals surface area contributed by atoms with E-state index in [1.807, 2.05) is 40.8 Å². The molecule has 2 N–H and O–H groups in total. The van der Waals surface area contributed by atoms with Gasteiger partial charge in [-0.1, -0.05) is 0 Å². The number of anilines is 2. The van der Waals surface area contributed by atoms with E-state index in [-0.39, 0.29) is 12.1 Å². The summed E-state index contributed by atoms with van der Waals surface area (Å²) in [5, 5.41) is 7.74. The van der Waals surface area contributed by atoms with Gasteiger partial charge in [-0.25, -0.2) is 14.8 Å². The summed E-state index contributed by atoms with van der Waals surface area (Å²) >= 11 is 0. The molecule has 3 rings (SSSR count). The van der Waals surface area contributed by atoms with Gasteiger partial charge in [-0.2, -0.15) is 0 Å². The zero-order valence-electron chi connectivity index (χ0n) is 17.0. The lowest BCUT2D eigenvalue weighted by atomic mass is 10.1. The van der Waals surface area contributed by atoms with Gasteiger partial charge >= 0.3 is 6.09 Å². The van der Waals surface area contributed by atoms with Gasteiger partial charge in [-0.05, 0) is 52.7 Å². The lowest BCUT2D eigenvalue weighted by Crippen LogP contribution is -2.36. The fraction of sp³-hybridized carbons (Fsp3) is 0.550. The molecular formula is C20H29N5O2. The highest BCUT2D eigenvalue weighted by Crippen LogP contribution is 2.28. The second kappa shape index (κ2) is 7.21. The van der Waals surface area contributed by atoms with Crippen LogP contribution in [0.2, 0.25) is 0 Å². The Morgan fingerprint density at radius 1 is 1.26 bits per heavy atom. The summed E-state index contributed by atoms with van der Waals surface area (Å²) in [4.78, 5) is 23.3. The molecule has 0 bridgehead atoms. The molecule has 0 spiro atoms. The molecule has 1 amide bonds. The van der Waals surface area contributed by atoms with E-state index < -0.39 is 5.60 Å². The summed E-state index contributed by atoms with van der Waals surface area (Å²) in [7, 11) is 1.90. The van der Waals surface area contributed by atoms with Crippen LogP contribution in [-0.4, -0.2) is 52.7 Å². The minimum Gasteiger partial charge on any atom is -0.444 e. The first-order valence-corrected chi connectivity index (χ1v) is 9.37. The molecule has 2 aromatic rings. The molecule has 1 aliphatic heterocycles. The molecule has 0 aliphatic carbocycles. The summed E-state index contributed by atoms with van der Waals surface area (Å²) in [5.74, 6) is 0.764. The largest absolute Gasteiger partial charge is 0.444 e. The molecule has 146 valence electrons. The third kappa shape index (κ3) is 4.40. The molecule has 7 nitrogen and oxygen atoms in total. The van der Waals surface area contributed by atoms with Gasteiger partial charge in [0.25, 0.3) is 0 Å². The number of ether oxygens (including phenoxy) is 1. The number of carbonyl (C=O) groups excluding carboxylic acids is 1. The van der Waals surface area contributed by atoms with Crippen LogP contribution in [-0.2, 0) is 4.74 Å². The third-order valence-corrected chi connectivity index (χ3v) is 4.56. The molecule has 1 aliphatic rings. The number of amides is 1. The van der Waals surface area contributed by atoms with E-state index in [0.717, 1.165) is 40.2 Å². The Kier molecular flexibility index (Phi) is 5.13. The standard InChI is InChI=1S/C20H29N5O2/c1-12-9-13(2)22-18-17(12)15(21-6)10-16(24-18)23-14-7-8-25(11-14)19(26)27-20(3,4)5/h9-10,14H,7-8,11H2,1-6H3,(H2,21,22,23,24)/t14-/m1/s1. The summed E-state index contributed by atoms with van der Waals surface area (Å²) in [5.41, 5.74) is 3.34. The monoisotopic (exact) mass is 371 g/mol. The van der Waals surface area contributed by atoms with Crippen molar-refractivity contribution < 1.29 is 9.53 Å². The quantitative estimate of drug-likeness (QED) is 0.856. The van der Waals surface area contributed by atoms with Gasteiger partial charge in [-0.3, -0.25) is 0 Å². The second-order valence-electron chi connectivity index (χ2n) is 8.14. The van der Waals surface area contributed by atoms with Crippen LogP contribution in [0.5, 0.6) is 0 Å². The van der Waals surface area contributed by atoms with E-state index >= 15 is 0 Å². The Balaban J connectivity index is 1.77. The van der Waals surface area contributed by atoms with Crippen LogP contribution < -0.4 is 10.6 Å². The lowest BCUT2D eigenvalue weighted by molar-refractivity contribution is 0.0293. The predicted molar refractivity (Wildman–Crippen MR) is 108 cm³/mol. The average Bonchev–Trinajstić information content (AvgIpc) is 3.00. The molecule has 2 aromatic heterocycles. The van der Waals surface area contributed by atoms with Crippen LogP contribution in [0.1, 0.15) is 38.4 Å². The molecule has 1 fully saturated rings. The van der Waals surface area contributed by atoms with Crippen molar-refractivity contribution in [2.24, 2.45) is 0 Å². The van der Waals surface area contributed by atoms with Crippen molar-refractivity contribution in [1.82, 2.24) is 14.9 Å². The van der Waals surface area contributed by atoms with Gasteiger partial charge in [0.05, 0.1) is 0 Å². The number of likely N-dealkylation sites (tertiary alicyclic amines) is 1. The maximum atomic E-state index is 12.2. The summed E-state index contributed by atoms with van der Waals surface area (Å²) < 4.78 is 5.46. The Morgan fingerprint density at radius 2 is 2.00 bits per heavy atom. The van der Waals surface area contributed by atoms with E-state index in [9.17, 15) is 4.79 Å². The smallest absolute Gasteiger partial charge is 0.410 e. The molecule has 0 saturated carbocycles. The first-order valence-electron chi connectivity index (χ1n) is 9.37. The molecule has 3 heterocycles. The number of hydrogen-bond acceptors (Lipinski definition) is 6. The Labute approximate surface area is 160 Å². The average molecular weight is 371 g/mol.